The maximum atomic E-state index is 12.5. The van der Waals surface area contributed by atoms with Crippen molar-refractivity contribution in [1.29, 1.82) is 0 Å². The molecule has 10 heteroatoms. The van der Waals surface area contributed by atoms with Crippen LogP contribution in [0.25, 0.3) is 0 Å². The number of rotatable bonds is 4. The lowest BCUT2D eigenvalue weighted by Crippen LogP contribution is -2.49. The van der Waals surface area contributed by atoms with Gasteiger partial charge >= 0.3 is 0 Å². The fraction of sp³-hybridized carbons (Fsp3) is 0.467. The number of hydrogen-bond donors (Lipinski definition) is 2. The van der Waals surface area contributed by atoms with E-state index in [2.05, 4.69) is 20.4 Å². The number of halogens is 1. The van der Waals surface area contributed by atoms with Gasteiger partial charge in [-0.3, -0.25) is 9.48 Å². The Bertz CT molecular complexity index is 736. The Hall–Kier alpha value is -2.39. The van der Waals surface area contributed by atoms with Gasteiger partial charge in [-0.15, -0.1) is 0 Å². The summed E-state index contributed by atoms with van der Waals surface area (Å²) in [6.07, 6.45) is 3.40. The zero-order valence-corrected chi connectivity index (χ0v) is 14.8. The van der Waals surface area contributed by atoms with Gasteiger partial charge in [0.2, 0.25) is 11.9 Å². The summed E-state index contributed by atoms with van der Waals surface area (Å²) >= 11 is 5.85. The van der Waals surface area contributed by atoms with Crippen LogP contribution in [0.5, 0.6) is 0 Å². The third-order valence-electron chi connectivity index (χ3n) is 3.69. The fourth-order valence-electron chi connectivity index (χ4n) is 2.78. The highest BCUT2D eigenvalue weighted by Crippen LogP contribution is 2.18. The molecule has 1 amide bonds. The van der Waals surface area contributed by atoms with Crippen molar-refractivity contribution in [2.75, 3.05) is 24.1 Å². The zero-order valence-electron chi connectivity index (χ0n) is 14.0. The molecule has 0 spiro atoms. The first-order chi connectivity index (χ1) is 11.9. The van der Waals surface area contributed by atoms with E-state index in [-0.39, 0.29) is 35.8 Å². The fourth-order valence-corrected chi connectivity index (χ4v) is 2.97. The summed E-state index contributed by atoms with van der Waals surface area (Å²) in [4.78, 5) is 22.1. The van der Waals surface area contributed by atoms with E-state index in [4.69, 9.17) is 22.1 Å². The molecule has 1 fully saturated rings. The molecular weight excluding hydrogens is 346 g/mol. The smallest absolute Gasteiger partial charge is 0.244 e. The largest absolute Gasteiger partial charge is 0.372 e. The minimum absolute atomic E-state index is 0.00553. The molecule has 134 valence electrons. The average Bonchev–Trinajstić information content (AvgIpc) is 2.92. The highest BCUT2D eigenvalue weighted by atomic mass is 35.5. The van der Waals surface area contributed by atoms with Gasteiger partial charge in [0.1, 0.15) is 17.5 Å². The standard InChI is InChI=1S/C15H20ClN7O2/c1-9-5-22(6-10(2)25-9)14(24)8-23-7-11(4-18-23)19-13-3-12(16)20-15(17)21-13/h3-4,7,9-10H,5-6,8H2,1-2H3,(H3,17,19,20,21). The second-order valence-corrected chi connectivity index (χ2v) is 6.43. The van der Waals surface area contributed by atoms with Gasteiger partial charge in [0.25, 0.3) is 0 Å². The van der Waals surface area contributed by atoms with Gasteiger partial charge in [0, 0.05) is 25.4 Å². The van der Waals surface area contributed by atoms with Crippen LogP contribution in [0.3, 0.4) is 0 Å². The quantitative estimate of drug-likeness (QED) is 0.785. The number of morpholine rings is 1. The Morgan fingerprint density at radius 2 is 2.12 bits per heavy atom. The molecule has 0 saturated carbocycles. The van der Waals surface area contributed by atoms with Crippen molar-refractivity contribution < 1.29 is 9.53 Å². The molecule has 25 heavy (non-hydrogen) atoms. The Morgan fingerprint density at radius 3 is 2.80 bits per heavy atom. The minimum Gasteiger partial charge on any atom is -0.372 e. The molecule has 2 atom stereocenters. The SMILES string of the molecule is CC1CN(C(=O)Cn2cc(Nc3cc(Cl)nc(N)n3)cn2)CC(C)O1. The molecule has 2 aromatic rings. The second-order valence-electron chi connectivity index (χ2n) is 6.04. The molecule has 2 unspecified atom stereocenters. The summed E-state index contributed by atoms with van der Waals surface area (Å²) in [7, 11) is 0. The number of carbonyl (C=O) groups is 1. The van der Waals surface area contributed by atoms with Crippen LogP contribution >= 0.6 is 11.6 Å². The van der Waals surface area contributed by atoms with Crippen molar-refractivity contribution in [3.63, 3.8) is 0 Å². The summed E-state index contributed by atoms with van der Waals surface area (Å²) in [5, 5.41) is 7.47. The molecular formula is C15H20ClN7O2. The van der Waals surface area contributed by atoms with Crippen molar-refractivity contribution >= 4 is 35.0 Å². The van der Waals surface area contributed by atoms with Crippen LogP contribution in [0.15, 0.2) is 18.5 Å². The van der Waals surface area contributed by atoms with Crippen molar-refractivity contribution in [2.45, 2.75) is 32.6 Å². The lowest BCUT2D eigenvalue weighted by Gasteiger charge is -2.35. The molecule has 3 N–H and O–H groups in total. The van der Waals surface area contributed by atoms with Crippen molar-refractivity contribution in [2.24, 2.45) is 0 Å². The van der Waals surface area contributed by atoms with Gasteiger partial charge in [0.05, 0.1) is 24.1 Å². The van der Waals surface area contributed by atoms with Crippen LogP contribution in [-0.2, 0) is 16.1 Å². The number of nitrogens with zero attached hydrogens (tertiary/aromatic N) is 5. The molecule has 0 bridgehead atoms. The van der Waals surface area contributed by atoms with Crippen LogP contribution in [0.1, 0.15) is 13.8 Å². The summed E-state index contributed by atoms with van der Waals surface area (Å²) in [5.74, 6) is 0.540. The van der Waals surface area contributed by atoms with E-state index in [1.807, 2.05) is 13.8 Å². The number of ether oxygens (including phenoxy) is 1. The average molecular weight is 366 g/mol. The first-order valence-electron chi connectivity index (χ1n) is 7.92. The van der Waals surface area contributed by atoms with Crippen LogP contribution in [0.2, 0.25) is 5.15 Å². The molecule has 1 aliphatic heterocycles. The highest BCUT2D eigenvalue weighted by molar-refractivity contribution is 6.29. The second kappa shape index (κ2) is 7.24. The molecule has 2 aromatic heterocycles. The van der Waals surface area contributed by atoms with Crippen molar-refractivity contribution in [1.82, 2.24) is 24.6 Å². The molecule has 0 radical (unpaired) electrons. The third-order valence-corrected chi connectivity index (χ3v) is 3.88. The van der Waals surface area contributed by atoms with Crippen LogP contribution in [0, 0.1) is 0 Å². The van der Waals surface area contributed by atoms with E-state index >= 15 is 0 Å². The van der Waals surface area contributed by atoms with Gasteiger partial charge in [-0.05, 0) is 13.8 Å². The molecule has 1 aliphatic rings. The summed E-state index contributed by atoms with van der Waals surface area (Å²) in [6.45, 7) is 5.27. The number of aromatic nitrogens is 4. The Kier molecular flexibility index (Phi) is 5.05. The Morgan fingerprint density at radius 1 is 1.40 bits per heavy atom. The molecule has 1 saturated heterocycles. The Labute approximate surface area is 150 Å². The summed E-state index contributed by atoms with van der Waals surface area (Å²) < 4.78 is 7.22. The van der Waals surface area contributed by atoms with Gasteiger partial charge in [-0.25, -0.2) is 4.98 Å². The number of hydrogen-bond acceptors (Lipinski definition) is 7. The van der Waals surface area contributed by atoms with E-state index in [9.17, 15) is 4.79 Å². The first-order valence-corrected chi connectivity index (χ1v) is 8.29. The van der Waals surface area contributed by atoms with Crippen molar-refractivity contribution in [3.05, 3.63) is 23.6 Å². The van der Waals surface area contributed by atoms with Gasteiger partial charge in [-0.1, -0.05) is 11.6 Å². The predicted molar refractivity (Wildman–Crippen MR) is 93.6 cm³/mol. The van der Waals surface area contributed by atoms with E-state index in [0.717, 1.165) is 0 Å². The minimum atomic E-state index is 0.00553. The highest BCUT2D eigenvalue weighted by Gasteiger charge is 2.25. The topological polar surface area (TPSA) is 111 Å². The number of nitrogens with two attached hydrogens (primary N) is 1. The van der Waals surface area contributed by atoms with Crippen LogP contribution in [0.4, 0.5) is 17.5 Å². The van der Waals surface area contributed by atoms with Gasteiger partial charge in [-0.2, -0.15) is 10.1 Å². The van der Waals surface area contributed by atoms with Gasteiger partial charge in [0.15, 0.2) is 0 Å². The normalized spacial score (nSPS) is 20.5. The van der Waals surface area contributed by atoms with Crippen LogP contribution < -0.4 is 11.1 Å². The maximum Gasteiger partial charge on any atom is 0.244 e. The number of amides is 1. The number of nitrogen functional groups attached to an aromatic ring is 1. The first kappa shape index (κ1) is 17.4. The molecule has 0 aliphatic carbocycles. The van der Waals surface area contributed by atoms with Gasteiger partial charge < -0.3 is 20.7 Å². The van der Waals surface area contributed by atoms with E-state index < -0.39 is 0 Å². The van der Waals surface area contributed by atoms with Crippen LogP contribution in [-0.4, -0.2) is 55.9 Å². The summed E-state index contributed by atoms with van der Waals surface area (Å²) in [5.41, 5.74) is 6.23. The molecule has 3 heterocycles. The number of anilines is 3. The number of nitrogens with one attached hydrogen (secondary N) is 1. The maximum absolute atomic E-state index is 12.5. The van der Waals surface area contributed by atoms with E-state index in [0.29, 0.717) is 24.6 Å². The lowest BCUT2D eigenvalue weighted by molar-refractivity contribution is -0.144. The van der Waals surface area contributed by atoms with E-state index in [1.54, 1.807) is 28.0 Å². The Balaban J connectivity index is 1.62. The molecule has 3 rings (SSSR count). The lowest BCUT2D eigenvalue weighted by atomic mass is 10.2. The monoisotopic (exact) mass is 365 g/mol. The predicted octanol–water partition coefficient (Wildman–Crippen LogP) is 1.29. The zero-order chi connectivity index (χ0) is 18.0. The van der Waals surface area contributed by atoms with E-state index in [1.165, 1.54) is 0 Å². The molecule has 9 nitrogen and oxygen atoms in total. The third kappa shape index (κ3) is 4.58. The summed E-state index contributed by atoms with van der Waals surface area (Å²) in [6, 6.07) is 1.55. The molecule has 0 aromatic carbocycles. The number of carbonyl (C=O) groups excluding carboxylic acids is 1. The van der Waals surface area contributed by atoms with Crippen molar-refractivity contribution in [3.8, 4) is 0 Å².